The lowest BCUT2D eigenvalue weighted by Gasteiger charge is -2.14. The molecule has 0 aliphatic heterocycles. The van der Waals surface area contributed by atoms with Crippen LogP contribution in [-0.2, 0) is 7.05 Å². The molecule has 0 saturated carbocycles. The Morgan fingerprint density at radius 3 is 2.69 bits per heavy atom. The first-order valence-electron chi connectivity index (χ1n) is 9.09. The number of nitrogens with one attached hydrogen (secondary N) is 1. The zero-order chi connectivity index (χ0) is 20.4. The molecule has 2 aromatic heterocycles. The van der Waals surface area contributed by atoms with Crippen molar-refractivity contribution in [3.63, 3.8) is 0 Å². The second kappa shape index (κ2) is 7.59. The summed E-state index contributed by atoms with van der Waals surface area (Å²) < 4.78 is 3.52. The van der Waals surface area contributed by atoms with E-state index >= 15 is 0 Å². The van der Waals surface area contributed by atoms with Crippen molar-refractivity contribution in [1.82, 2.24) is 24.5 Å². The maximum absolute atomic E-state index is 12.7. The Morgan fingerprint density at radius 2 is 1.93 bits per heavy atom. The minimum absolute atomic E-state index is 0.185. The van der Waals surface area contributed by atoms with Gasteiger partial charge in [0.05, 0.1) is 30.1 Å². The van der Waals surface area contributed by atoms with Crippen LogP contribution in [0, 0.1) is 0 Å². The number of hydrogen-bond acceptors (Lipinski definition) is 5. The van der Waals surface area contributed by atoms with Crippen LogP contribution in [0.4, 0.5) is 11.4 Å². The second-order valence-corrected chi connectivity index (χ2v) is 6.89. The molecule has 0 aliphatic carbocycles. The summed E-state index contributed by atoms with van der Waals surface area (Å²) in [6.07, 6.45) is 5.26. The van der Waals surface area contributed by atoms with Crippen LogP contribution in [0.2, 0.25) is 0 Å². The van der Waals surface area contributed by atoms with E-state index in [9.17, 15) is 4.79 Å². The summed E-state index contributed by atoms with van der Waals surface area (Å²) >= 11 is 0. The highest BCUT2D eigenvalue weighted by atomic mass is 16.1. The van der Waals surface area contributed by atoms with E-state index < -0.39 is 0 Å². The average Bonchev–Trinajstić information content (AvgIpc) is 3.37. The summed E-state index contributed by atoms with van der Waals surface area (Å²) in [5.41, 5.74) is 4.62. The van der Waals surface area contributed by atoms with E-state index in [1.54, 1.807) is 29.3 Å². The summed E-state index contributed by atoms with van der Waals surface area (Å²) in [5.74, 6) is -0.185. The van der Waals surface area contributed by atoms with E-state index in [0.717, 1.165) is 22.8 Å². The predicted molar refractivity (Wildman–Crippen MR) is 112 cm³/mol. The van der Waals surface area contributed by atoms with Crippen molar-refractivity contribution in [2.24, 2.45) is 7.05 Å². The molecular weight excluding hydrogens is 366 g/mol. The van der Waals surface area contributed by atoms with Crippen LogP contribution in [0.15, 0.2) is 67.3 Å². The smallest absolute Gasteiger partial charge is 0.255 e. The third-order valence-corrected chi connectivity index (χ3v) is 4.57. The number of hydrogen-bond donors (Lipinski definition) is 1. The van der Waals surface area contributed by atoms with Crippen LogP contribution in [0.25, 0.3) is 17.1 Å². The lowest BCUT2D eigenvalue weighted by molar-refractivity contribution is 0.102. The van der Waals surface area contributed by atoms with Crippen LogP contribution in [-0.4, -0.2) is 44.5 Å². The molecule has 0 spiro atoms. The topological polar surface area (TPSA) is 80.9 Å². The van der Waals surface area contributed by atoms with Gasteiger partial charge in [-0.25, -0.2) is 9.67 Å². The average molecular weight is 387 g/mol. The Hall–Kier alpha value is -3.94. The van der Waals surface area contributed by atoms with Gasteiger partial charge in [0.1, 0.15) is 5.69 Å². The minimum atomic E-state index is -0.185. The zero-order valence-corrected chi connectivity index (χ0v) is 16.4. The van der Waals surface area contributed by atoms with E-state index in [2.05, 4.69) is 20.6 Å². The van der Waals surface area contributed by atoms with Crippen molar-refractivity contribution in [1.29, 1.82) is 0 Å². The van der Waals surface area contributed by atoms with Gasteiger partial charge < -0.3 is 14.8 Å². The SMILES string of the molecule is CN(C)c1cccc(NC(=O)c2cccc(-n3cc(-c4cncn4C)nn3)c2)c1. The molecular formula is C21H21N7O. The number of aryl methyl sites for hydroxylation is 1. The van der Waals surface area contributed by atoms with Crippen molar-refractivity contribution in [2.45, 2.75) is 0 Å². The number of carbonyl (C=O) groups excluding carboxylic acids is 1. The van der Waals surface area contributed by atoms with Crippen molar-refractivity contribution in [2.75, 3.05) is 24.3 Å². The Morgan fingerprint density at radius 1 is 1.10 bits per heavy atom. The number of benzene rings is 2. The lowest BCUT2D eigenvalue weighted by atomic mass is 10.1. The number of anilines is 2. The van der Waals surface area contributed by atoms with Gasteiger partial charge in [0, 0.05) is 38.1 Å². The van der Waals surface area contributed by atoms with Gasteiger partial charge in [-0.1, -0.05) is 17.3 Å². The molecule has 2 aromatic carbocycles. The van der Waals surface area contributed by atoms with Crippen molar-refractivity contribution >= 4 is 17.3 Å². The Balaban J connectivity index is 1.56. The molecule has 4 rings (SSSR count). The quantitative estimate of drug-likeness (QED) is 0.569. The minimum Gasteiger partial charge on any atom is -0.378 e. The van der Waals surface area contributed by atoms with Gasteiger partial charge in [0.25, 0.3) is 5.91 Å². The number of rotatable bonds is 5. The van der Waals surface area contributed by atoms with E-state index in [0.29, 0.717) is 11.3 Å². The van der Waals surface area contributed by atoms with Crippen LogP contribution in [0.1, 0.15) is 10.4 Å². The third kappa shape index (κ3) is 3.86. The lowest BCUT2D eigenvalue weighted by Crippen LogP contribution is -2.13. The molecule has 2 heterocycles. The predicted octanol–water partition coefficient (Wildman–Crippen LogP) is 2.99. The fourth-order valence-electron chi connectivity index (χ4n) is 2.97. The largest absolute Gasteiger partial charge is 0.378 e. The van der Waals surface area contributed by atoms with E-state index in [-0.39, 0.29) is 5.91 Å². The molecule has 4 aromatic rings. The molecule has 146 valence electrons. The summed E-state index contributed by atoms with van der Waals surface area (Å²) in [7, 11) is 5.82. The van der Waals surface area contributed by atoms with Gasteiger partial charge >= 0.3 is 0 Å². The number of aromatic nitrogens is 5. The van der Waals surface area contributed by atoms with Crippen molar-refractivity contribution in [3.8, 4) is 17.1 Å². The highest BCUT2D eigenvalue weighted by molar-refractivity contribution is 6.04. The van der Waals surface area contributed by atoms with E-state index in [1.165, 1.54) is 0 Å². The standard InChI is InChI=1S/C21H21N7O/c1-26(2)17-8-5-7-16(11-17)23-21(29)15-6-4-9-18(10-15)28-13-19(24-25-28)20-12-22-14-27(20)3/h4-14H,1-3H3,(H,23,29). The molecule has 8 heteroatoms. The van der Waals surface area contributed by atoms with Gasteiger partial charge in [-0.3, -0.25) is 4.79 Å². The maximum Gasteiger partial charge on any atom is 0.255 e. The first-order chi connectivity index (χ1) is 14.0. The summed E-state index contributed by atoms with van der Waals surface area (Å²) in [4.78, 5) is 18.8. The highest BCUT2D eigenvalue weighted by Gasteiger charge is 2.11. The molecule has 0 radical (unpaired) electrons. The molecule has 0 fully saturated rings. The molecule has 1 amide bonds. The third-order valence-electron chi connectivity index (χ3n) is 4.57. The summed E-state index contributed by atoms with van der Waals surface area (Å²) in [6, 6.07) is 15.0. The van der Waals surface area contributed by atoms with E-state index in [1.807, 2.05) is 73.2 Å². The van der Waals surface area contributed by atoms with Crippen LogP contribution < -0.4 is 10.2 Å². The Labute approximate surface area is 168 Å². The molecule has 1 N–H and O–H groups in total. The normalized spacial score (nSPS) is 10.7. The first-order valence-corrected chi connectivity index (χ1v) is 9.09. The summed E-state index contributed by atoms with van der Waals surface area (Å²) in [5, 5.41) is 11.3. The van der Waals surface area contributed by atoms with Crippen LogP contribution >= 0.6 is 0 Å². The van der Waals surface area contributed by atoms with Crippen LogP contribution in [0.5, 0.6) is 0 Å². The van der Waals surface area contributed by atoms with E-state index in [4.69, 9.17) is 0 Å². The zero-order valence-electron chi connectivity index (χ0n) is 16.4. The summed E-state index contributed by atoms with van der Waals surface area (Å²) in [6.45, 7) is 0. The van der Waals surface area contributed by atoms with Crippen LogP contribution in [0.3, 0.4) is 0 Å². The molecule has 0 atom stereocenters. The number of amides is 1. The molecule has 8 nitrogen and oxygen atoms in total. The van der Waals surface area contributed by atoms with Crippen molar-refractivity contribution < 1.29 is 4.79 Å². The van der Waals surface area contributed by atoms with Gasteiger partial charge in [0.2, 0.25) is 0 Å². The second-order valence-electron chi connectivity index (χ2n) is 6.89. The number of imidazole rings is 1. The Kier molecular flexibility index (Phi) is 4.82. The highest BCUT2D eigenvalue weighted by Crippen LogP contribution is 2.20. The number of nitrogens with zero attached hydrogens (tertiary/aromatic N) is 6. The fourth-order valence-corrected chi connectivity index (χ4v) is 2.97. The molecule has 0 bridgehead atoms. The van der Waals surface area contributed by atoms with Gasteiger partial charge in [0.15, 0.2) is 0 Å². The maximum atomic E-state index is 12.7. The van der Waals surface area contributed by atoms with Gasteiger partial charge in [-0.15, -0.1) is 5.10 Å². The fraction of sp³-hybridized carbons (Fsp3) is 0.143. The van der Waals surface area contributed by atoms with Gasteiger partial charge in [-0.2, -0.15) is 0 Å². The van der Waals surface area contributed by atoms with Crippen molar-refractivity contribution in [3.05, 3.63) is 72.8 Å². The Bertz CT molecular complexity index is 1160. The number of carbonyl (C=O) groups is 1. The first kappa shape index (κ1) is 18.4. The molecule has 0 aliphatic rings. The molecule has 0 unspecified atom stereocenters. The van der Waals surface area contributed by atoms with Gasteiger partial charge in [-0.05, 0) is 36.4 Å². The molecule has 0 saturated heterocycles. The monoisotopic (exact) mass is 387 g/mol. The molecule has 29 heavy (non-hydrogen) atoms.